The summed E-state index contributed by atoms with van der Waals surface area (Å²) in [6, 6.07) is 6.04. The van der Waals surface area contributed by atoms with E-state index in [2.05, 4.69) is 6.58 Å². The summed E-state index contributed by atoms with van der Waals surface area (Å²) in [5.41, 5.74) is -0.231. The third-order valence-corrected chi connectivity index (χ3v) is 2.40. The van der Waals surface area contributed by atoms with Gasteiger partial charge in [0.1, 0.15) is 6.10 Å². The molecule has 0 amide bonds. The van der Waals surface area contributed by atoms with Crippen LogP contribution in [0, 0.1) is 11.3 Å². The van der Waals surface area contributed by atoms with Crippen molar-refractivity contribution in [2.75, 3.05) is 0 Å². The second-order valence-electron chi connectivity index (χ2n) is 3.59. The Bertz CT molecular complexity index is 476. The molecule has 0 aliphatic carbocycles. The number of aliphatic hydroxyl groups is 1. The zero-order valence-electron chi connectivity index (χ0n) is 9.08. The molecule has 0 aliphatic rings. The van der Waals surface area contributed by atoms with E-state index in [1.165, 1.54) is 0 Å². The minimum atomic E-state index is -4.68. The summed E-state index contributed by atoms with van der Waals surface area (Å²) in [5.74, 6) is -9.21. The Morgan fingerprint density at radius 1 is 1.22 bits per heavy atom. The third kappa shape index (κ3) is 2.36. The van der Waals surface area contributed by atoms with E-state index in [1.807, 2.05) is 0 Å². The first-order valence-corrected chi connectivity index (χ1v) is 4.83. The van der Waals surface area contributed by atoms with Gasteiger partial charge in [-0.15, -0.1) is 0 Å². The molecule has 0 saturated carbocycles. The van der Waals surface area contributed by atoms with Gasteiger partial charge in [-0.2, -0.15) is 22.8 Å². The van der Waals surface area contributed by atoms with Crippen LogP contribution in [0.15, 0.2) is 36.9 Å². The highest BCUT2D eigenvalue weighted by Gasteiger charge is 2.59. The molecule has 1 rings (SSSR count). The Hall–Kier alpha value is -1.87. The van der Waals surface area contributed by atoms with Gasteiger partial charge < -0.3 is 5.11 Å². The number of rotatable bonds is 4. The van der Waals surface area contributed by atoms with E-state index < -0.39 is 23.5 Å². The average Bonchev–Trinajstić information content (AvgIpc) is 2.37. The molecule has 0 fully saturated rings. The summed E-state index contributed by atoms with van der Waals surface area (Å²) in [6.07, 6.45) is -2.89. The summed E-state index contributed by atoms with van der Waals surface area (Å²) in [5, 5.41) is 17.8. The fraction of sp³-hybridized carbons (Fsp3) is 0.250. The summed E-state index contributed by atoms with van der Waals surface area (Å²) < 4.78 is 52.5. The van der Waals surface area contributed by atoms with Crippen LogP contribution in [0.2, 0.25) is 0 Å². The Balaban J connectivity index is 3.09. The summed E-state index contributed by atoms with van der Waals surface area (Å²) in [4.78, 5) is 0. The molecule has 1 aromatic rings. The Kier molecular flexibility index (Phi) is 3.77. The zero-order chi connectivity index (χ0) is 14.0. The molecule has 1 N–H and O–H groups in total. The van der Waals surface area contributed by atoms with Gasteiger partial charge in [0.15, 0.2) is 0 Å². The van der Waals surface area contributed by atoms with Gasteiger partial charge in [-0.1, -0.05) is 18.7 Å². The number of aliphatic hydroxyl groups excluding tert-OH is 1. The molecule has 0 spiro atoms. The largest absolute Gasteiger partial charge is 0.382 e. The van der Waals surface area contributed by atoms with Crippen molar-refractivity contribution in [3.8, 4) is 6.07 Å². The van der Waals surface area contributed by atoms with Crippen LogP contribution in [0.1, 0.15) is 17.2 Å². The fourth-order valence-corrected chi connectivity index (χ4v) is 1.27. The monoisotopic (exact) mass is 259 g/mol. The Labute approximate surface area is 101 Å². The van der Waals surface area contributed by atoms with Crippen molar-refractivity contribution in [1.82, 2.24) is 0 Å². The van der Waals surface area contributed by atoms with Crippen molar-refractivity contribution in [2.24, 2.45) is 0 Å². The van der Waals surface area contributed by atoms with E-state index in [0.717, 1.165) is 24.3 Å². The van der Waals surface area contributed by atoms with E-state index in [0.29, 0.717) is 0 Å². The molecule has 0 aliphatic heterocycles. The van der Waals surface area contributed by atoms with Crippen LogP contribution < -0.4 is 0 Å². The summed E-state index contributed by atoms with van der Waals surface area (Å²) in [7, 11) is 0. The van der Waals surface area contributed by atoms with Gasteiger partial charge in [0.05, 0.1) is 11.6 Å². The number of halogens is 4. The smallest absolute Gasteiger partial charge is 0.343 e. The van der Waals surface area contributed by atoms with E-state index in [-0.39, 0.29) is 11.6 Å². The first kappa shape index (κ1) is 14.2. The lowest BCUT2D eigenvalue weighted by molar-refractivity contribution is -0.232. The minimum absolute atomic E-state index is 0.171. The van der Waals surface area contributed by atoms with Crippen LogP contribution in [0.25, 0.3) is 0 Å². The van der Waals surface area contributed by atoms with E-state index in [4.69, 9.17) is 5.26 Å². The molecular weight excluding hydrogens is 250 g/mol. The SMILES string of the molecule is C=CC(F)(F)C(F)(F)C(O)c1ccc(C#N)cc1. The second kappa shape index (κ2) is 4.78. The van der Waals surface area contributed by atoms with Gasteiger partial charge in [-0.25, -0.2) is 0 Å². The molecule has 1 atom stereocenters. The zero-order valence-corrected chi connectivity index (χ0v) is 9.08. The molecule has 2 nitrogen and oxygen atoms in total. The maximum Gasteiger partial charge on any atom is 0.343 e. The summed E-state index contributed by atoms with van der Waals surface area (Å²) in [6.45, 7) is 2.62. The average molecular weight is 259 g/mol. The topological polar surface area (TPSA) is 44.0 Å². The highest BCUT2D eigenvalue weighted by Crippen LogP contribution is 2.44. The molecule has 1 aromatic carbocycles. The van der Waals surface area contributed by atoms with Crippen LogP contribution >= 0.6 is 0 Å². The Morgan fingerprint density at radius 2 is 1.72 bits per heavy atom. The van der Waals surface area contributed by atoms with Crippen LogP contribution in [0.5, 0.6) is 0 Å². The standard InChI is InChI=1S/C12H9F4NO/c1-2-11(13,14)12(15,16)10(18)9-5-3-8(7-17)4-6-9/h2-6,10,18H,1H2. The molecule has 1 unspecified atom stereocenters. The number of benzene rings is 1. The predicted molar refractivity (Wildman–Crippen MR) is 56.2 cm³/mol. The highest BCUT2D eigenvalue weighted by atomic mass is 19.3. The van der Waals surface area contributed by atoms with Crippen molar-refractivity contribution in [2.45, 2.75) is 17.9 Å². The normalized spacial score (nSPS) is 13.8. The van der Waals surface area contributed by atoms with Gasteiger partial charge in [-0.05, 0) is 23.8 Å². The van der Waals surface area contributed by atoms with E-state index in [9.17, 15) is 22.7 Å². The molecule has 18 heavy (non-hydrogen) atoms. The fourth-order valence-electron chi connectivity index (χ4n) is 1.27. The Morgan fingerprint density at radius 3 is 2.11 bits per heavy atom. The molecule has 0 saturated heterocycles. The van der Waals surface area contributed by atoms with E-state index in [1.54, 1.807) is 6.07 Å². The molecule has 6 heteroatoms. The molecule has 0 aromatic heterocycles. The van der Waals surface area contributed by atoms with Gasteiger partial charge in [0, 0.05) is 0 Å². The quantitative estimate of drug-likeness (QED) is 0.667. The number of alkyl halides is 4. The second-order valence-corrected chi connectivity index (χ2v) is 3.59. The van der Waals surface area contributed by atoms with E-state index >= 15 is 0 Å². The van der Waals surface area contributed by atoms with Crippen LogP contribution in [-0.2, 0) is 0 Å². The number of allylic oxidation sites excluding steroid dienone is 1. The molecule has 96 valence electrons. The summed E-state index contributed by atoms with van der Waals surface area (Å²) >= 11 is 0. The van der Waals surface area contributed by atoms with Crippen LogP contribution in [0.4, 0.5) is 17.6 Å². The lowest BCUT2D eigenvalue weighted by Crippen LogP contribution is -2.43. The molecule has 0 radical (unpaired) electrons. The van der Waals surface area contributed by atoms with Gasteiger partial charge in [0.25, 0.3) is 0 Å². The van der Waals surface area contributed by atoms with Crippen molar-refractivity contribution in [1.29, 1.82) is 5.26 Å². The molecule has 0 bridgehead atoms. The van der Waals surface area contributed by atoms with Crippen LogP contribution in [-0.4, -0.2) is 17.0 Å². The van der Waals surface area contributed by atoms with Gasteiger partial charge >= 0.3 is 11.8 Å². The lowest BCUT2D eigenvalue weighted by atomic mass is 9.98. The number of hydrogen-bond acceptors (Lipinski definition) is 2. The van der Waals surface area contributed by atoms with Crippen molar-refractivity contribution in [3.05, 3.63) is 48.0 Å². The van der Waals surface area contributed by atoms with Crippen molar-refractivity contribution < 1.29 is 22.7 Å². The van der Waals surface area contributed by atoms with Gasteiger partial charge in [-0.3, -0.25) is 0 Å². The first-order chi connectivity index (χ1) is 8.26. The van der Waals surface area contributed by atoms with Crippen molar-refractivity contribution >= 4 is 0 Å². The number of nitrogens with zero attached hydrogens (tertiary/aromatic N) is 1. The predicted octanol–water partition coefficient (Wildman–Crippen LogP) is 3.05. The molecule has 0 heterocycles. The van der Waals surface area contributed by atoms with Gasteiger partial charge in [0.2, 0.25) is 0 Å². The minimum Gasteiger partial charge on any atom is -0.382 e. The number of nitriles is 1. The highest BCUT2D eigenvalue weighted by molar-refractivity contribution is 5.33. The maximum atomic E-state index is 13.3. The number of hydrogen-bond donors (Lipinski definition) is 1. The first-order valence-electron chi connectivity index (χ1n) is 4.83. The molecular formula is C12H9F4NO. The van der Waals surface area contributed by atoms with Crippen LogP contribution in [0.3, 0.4) is 0 Å². The third-order valence-electron chi connectivity index (χ3n) is 2.40. The van der Waals surface area contributed by atoms with Crippen molar-refractivity contribution in [3.63, 3.8) is 0 Å². The maximum absolute atomic E-state index is 13.3. The lowest BCUT2D eigenvalue weighted by Gasteiger charge is -2.28.